The molecule has 1 aliphatic heterocycles. The van der Waals surface area contributed by atoms with E-state index in [1.165, 1.54) is 6.42 Å². The third-order valence-corrected chi connectivity index (χ3v) is 3.02. The van der Waals surface area contributed by atoms with Gasteiger partial charge in [0, 0.05) is 33.1 Å². The van der Waals surface area contributed by atoms with Gasteiger partial charge in [-0.05, 0) is 25.8 Å². The predicted octanol–water partition coefficient (Wildman–Crippen LogP) is 0.169. The largest absolute Gasteiger partial charge is 0.395 e. The number of amides is 1. The maximum absolute atomic E-state index is 11.2. The molecule has 1 rings (SSSR count). The fourth-order valence-electron chi connectivity index (χ4n) is 2.20. The number of likely N-dealkylation sites (N-methyl/N-ethyl adjacent to an activating group) is 1. The third-order valence-electron chi connectivity index (χ3n) is 3.02. The van der Waals surface area contributed by atoms with Gasteiger partial charge >= 0.3 is 0 Å². The Morgan fingerprint density at radius 2 is 2.33 bits per heavy atom. The van der Waals surface area contributed by atoms with Crippen LogP contribution in [0.4, 0.5) is 0 Å². The van der Waals surface area contributed by atoms with Gasteiger partial charge in [0.15, 0.2) is 0 Å². The van der Waals surface area contributed by atoms with E-state index in [-0.39, 0.29) is 12.5 Å². The molecule has 1 N–H and O–H groups in total. The standard InChI is InChI=1S/C11H22N2O2/c1-10(15)13-5-3-4-11(9-13)8-12(2)6-7-14/h11,14H,3-9H2,1-2H3. The minimum Gasteiger partial charge on any atom is -0.395 e. The van der Waals surface area contributed by atoms with E-state index >= 15 is 0 Å². The Hall–Kier alpha value is -0.610. The first-order valence-electron chi connectivity index (χ1n) is 5.68. The Morgan fingerprint density at radius 3 is 2.93 bits per heavy atom. The van der Waals surface area contributed by atoms with Crippen molar-refractivity contribution in [1.82, 2.24) is 9.80 Å². The molecule has 0 radical (unpaired) electrons. The molecule has 0 aromatic carbocycles. The normalized spacial score (nSPS) is 22.1. The average molecular weight is 214 g/mol. The number of hydrogen-bond donors (Lipinski definition) is 1. The molecular formula is C11H22N2O2. The van der Waals surface area contributed by atoms with Crippen LogP contribution in [0.3, 0.4) is 0 Å². The van der Waals surface area contributed by atoms with E-state index in [2.05, 4.69) is 4.90 Å². The molecule has 0 spiro atoms. The minimum atomic E-state index is 0.185. The van der Waals surface area contributed by atoms with Crippen LogP contribution in [0.2, 0.25) is 0 Å². The number of rotatable bonds is 4. The van der Waals surface area contributed by atoms with Crippen molar-refractivity contribution in [2.45, 2.75) is 19.8 Å². The molecule has 0 saturated carbocycles. The number of likely N-dealkylation sites (tertiary alicyclic amines) is 1. The highest BCUT2D eigenvalue weighted by Gasteiger charge is 2.22. The van der Waals surface area contributed by atoms with E-state index in [4.69, 9.17) is 5.11 Å². The molecule has 4 nitrogen and oxygen atoms in total. The first-order valence-corrected chi connectivity index (χ1v) is 5.68. The van der Waals surface area contributed by atoms with E-state index < -0.39 is 0 Å². The van der Waals surface area contributed by atoms with Crippen molar-refractivity contribution in [3.63, 3.8) is 0 Å². The van der Waals surface area contributed by atoms with E-state index in [0.717, 1.165) is 32.6 Å². The van der Waals surface area contributed by atoms with Gasteiger partial charge in [-0.15, -0.1) is 0 Å². The molecular weight excluding hydrogens is 192 g/mol. The first kappa shape index (κ1) is 12.5. The second-order valence-corrected chi connectivity index (χ2v) is 4.46. The smallest absolute Gasteiger partial charge is 0.219 e. The zero-order valence-electron chi connectivity index (χ0n) is 9.78. The number of piperidine rings is 1. The van der Waals surface area contributed by atoms with Crippen molar-refractivity contribution in [1.29, 1.82) is 0 Å². The Balaban J connectivity index is 2.32. The molecule has 1 amide bonds. The van der Waals surface area contributed by atoms with Gasteiger partial charge in [0.25, 0.3) is 0 Å². The van der Waals surface area contributed by atoms with Crippen molar-refractivity contribution in [2.24, 2.45) is 5.92 Å². The van der Waals surface area contributed by atoms with Crippen LogP contribution < -0.4 is 0 Å². The molecule has 15 heavy (non-hydrogen) atoms. The van der Waals surface area contributed by atoms with Gasteiger partial charge in [-0.25, -0.2) is 0 Å². The summed E-state index contributed by atoms with van der Waals surface area (Å²) in [6.45, 7) is 5.33. The number of aliphatic hydroxyl groups excluding tert-OH is 1. The molecule has 0 bridgehead atoms. The van der Waals surface area contributed by atoms with Crippen LogP contribution in [-0.2, 0) is 4.79 Å². The molecule has 0 aromatic heterocycles. The number of aliphatic hydroxyl groups is 1. The van der Waals surface area contributed by atoms with E-state index in [9.17, 15) is 4.79 Å². The number of carbonyl (C=O) groups excluding carboxylic acids is 1. The van der Waals surface area contributed by atoms with Crippen LogP contribution in [0.15, 0.2) is 0 Å². The van der Waals surface area contributed by atoms with Crippen molar-refractivity contribution >= 4 is 5.91 Å². The number of hydrogen-bond acceptors (Lipinski definition) is 3. The van der Waals surface area contributed by atoms with Gasteiger partial charge in [0.05, 0.1) is 6.61 Å². The maximum Gasteiger partial charge on any atom is 0.219 e. The molecule has 1 atom stereocenters. The molecule has 4 heteroatoms. The van der Waals surface area contributed by atoms with Crippen LogP contribution in [0.25, 0.3) is 0 Å². The van der Waals surface area contributed by atoms with Crippen molar-refractivity contribution in [2.75, 3.05) is 39.8 Å². The highest BCUT2D eigenvalue weighted by Crippen LogP contribution is 2.17. The highest BCUT2D eigenvalue weighted by molar-refractivity contribution is 5.73. The zero-order valence-corrected chi connectivity index (χ0v) is 9.78. The minimum absolute atomic E-state index is 0.185. The zero-order chi connectivity index (χ0) is 11.3. The van der Waals surface area contributed by atoms with Crippen LogP contribution in [0.5, 0.6) is 0 Å². The number of carbonyl (C=O) groups is 1. The summed E-state index contributed by atoms with van der Waals surface area (Å²) >= 11 is 0. The lowest BCUT2D eigenvalue weighted by atomic mass is 9.97. The Labute approximate surface area is 91.9 Å². The third kappa shape index (κ3) is 4.18. The molecule has 88 valence electrons. The SMILES string of the molecule is CC(=O)N1CCCC(CN(C)CCO)C1. The monoisotopic (exact) mass is 214 g/mol. The van der Waals surface area contributed by atoms with Crippen LogP contribution in [0, 0.1) is 5.92 Å². The fourth-order valence-corrected chi connectivity index (χ4v) is 2.20. The molecule has 1 aliphatic rings. The van der Waals surface area contributed by atoms with Crippen LogP contribution in [-0.4, -0.2) is 60.6 Å². The first-order chi connectivity index (χ1) is 7.13. The van der Waals surface area contributed by atoms with Crippen molar-refractivity contribution in [3.8, 4) is 0 Å². The molecule has 0 aromatic rings. The van der Waals surface area contributed by atoms with Crippen LogP contribution >= 0.6 is 0 Å². The van der Waals surface area contributed by atoms with Gasteiger partial charge in [-0.3, -0.25) is 4.79 Å². The van der Waals surface area contributed by atoms with Crippen molar-refractivity contribution in [3.05, 3.63) is 0 Å². The second kappa shape index (κ2) is 6.08. The second-order valence-electron chi connectivity index (χ2n) is 4.46. The Bertz CT molecular complexity index is 209. The highest BCUT2D eigenvalue weighted by atomic mass is 16.3. The summed E-state index contributed by atoms with van der Waals surface area (Å²) in [5, 5.41) is 8.80. The molecule has 1 heterocycles. The predicted molar refractivity (Wildman–Crippen MR) is 59.6 cm³/mol. The van der Waals surface area contributed by atoms with Gasteiger partial charge in [0.1, 0.15) is 0 Å². The Kier molecular flexibility index (Phi) is 5.05. The van der Waals surface area contributed by atoms with E-state index in [1.54, 1.807) is 6.92 Å². The van der Waals surface area contributed by atoms with Crippen LogP contribution in [0.1, 0.15) is 19.8 Å². The van der Waals surface area contributed by atoms with Gasteiger partial charge < -0.3 is 14.9 Å². The van der Waals surface area contributed by atoms with Gasteiger partial charge in [-0.1, -0.05) is 0 Å². The summed E-state index contributed by atoms with van der Waals surface area (Å²) in [6, 6.07) is 0. The summed E-state index contributed by atoms with van der Waals surface area (Å²) in [5.74, 6) is 0.753. The fraction of sp³-hybridized carbons (Fsp3) is 0.909. The summed E-state index contributed by atoms with van der Waals surface area (Å²) in [5.41, 5.74) is 0. The van der Waals surface area contributed by atoms with Gasteiger partial charge in [0.2, 0.25) is 5.91 Å². The summed E-state index contributed by atoms with van der Waals surface area (Å²) in [7, 11) is 2.02. The Morgan fingerprint density at radius 1 is 1.60 bits per heavy atom. The number of nitrogens with zero attached hydrogens (tertiary/aromatic N) is 2. The van der Waals surface area contributed by atoms with E-state index in [0.29, 0.717) is 5.92 Å². The summed E-state index contributed by atoms with van der Waals surface area (Å²) in [4.78, 5) is 15.3. The van der Waals surface area contributed by atoms with E-state index in [1.807, 2.05) is 11.9 Å². The average Bonchev–Trinajstić information content (AvgIpc) is 2.18. The summed E-state index contributed by atoms with van der Waals surface area (Å²) < 4.78 is 0. The molecule has 1 unspecified atom stereocenters. The summed E-state index contributed by atoms with van der Waals surface area (Å²) in [6.07, 6.45) is 2.30. The quantitative estimate of drug-likeness (QED) is 0.725. The van der Waals surface area contributed by atoms with Gasteiger partial charge in [-0.2, -0.15) is 0 Å². The maximum atomic E-state index is 11.2. The molecule has 0 aliphatic carbocycles. The molecule has 1 saturated heterocycles. The lowest BCUT2D eigenvalue weighted by Crippen LogP contribution is -2.42. The molecule has 1 fully saturated rings. The topological polar surface area (TPSA) is 43.8 Å². The van der Waals surface area contributed by atoms with Crippen molar-refractivity contribution < 1.29 is 9.90 Å². The lowest BCUT2D eigenvalue weighted by Gasteiger charge is -2.34. The lowest BCUT2D eigenvalue weighted by molar-refractivity contribution is -0.130.